The number of nitrogens with zero attached hydrogens (tertiary/aromatic N) is 2. The SMILES string of the molecule is CCOC(=O)C1CCC(n2ncc(C(=O)OCc3ccccc3)c2C(F)F)CC1. The first-order chi connectivity index (χ1) is 14.0. The van der Waals surface area contributed by atoms with Crippen LogP contribution >= 0.6 is 0 Å². The van der Waals surface area contributed by atoms with Gasteiger partial charge in [0, 0.05) is 0 Å². The number of carbonyl (C=O) groups excluding carboxylic acids is 2. The van der Waals surface area contributed by atoms with Gasteiger partial charge < -0.3 is 9.47 Å². The smallest absolute Gasteiger partial charge is 0.342 e. The summed E-state index contributed by atoms with van der Waals surface area (Å²) in [7, 11) is 0. The summed E-state index contributed by atoms with van der Waals surface area (Å²) in [6.45, 7) is 2.07. The van der Waals surface area contributed by atoms with Gasteiger partial charge in [-0.2, -0.15) is 5.10 Å². The highest BCUT2D eigenvalue weighted by molar-refractivity contribution is 5.90. The normalized spacial score (nSPS) is 19.2. The van der Waals surface area contributed by atoms with E-state index >= 15 is 0 Å². The van der Waals surface area contributed by atoms with Crippen LogP contribution in [0.15, 0.2) is 36.5 Å². The van der Waals surface area contributed by atoms with Crippen molar-refractivity contribution >= 4 is 11.9 Å². The number of hydrogen-bond acceptors (Lipinski definition) is 5. The van der Waals surface area contributed by atoms with Crippen molar-refractivity contribution in [3.63, 3.8) is 0 Å². The Morgan fingerprint density at radius 2 is 1.83 bits per heavy atom. The molecular weight excluding hydrogens is 382 g/mol. The quantitative estimate of drug-likeness (QED) is 0.635. The van der Waals surface area contributed by atoms with Crippen LogP contribution in [0.2, 0.25) is 0 Å². The molecular formula is C21H24F2N2O4. The van der Waals surface area contributed by atoms with Crippen LogP contribution in [-0.2, 0) is 20.9 Å². The van der Waals surface area contributed by atoms with Gasteiger partial charge >= 0.3 is 11.9 Å². The molecule has 8 heteroatoms. The Balaban J connectivity index is 1.69. The second kappa shape index (κ2) is 9.62. The molecule has 1 aromatic heterocycles. The fourth-order valence-electron chi connectivity index (χ4n) is 3.65. The maximum Gasteiger partial charge on any atom is 0.342 e. The molecule has 29 heavy (non-hydrogen) atoms. The summed E-state index contributed by atoms with van der Waals surface area (Å²) in [5.74, 6) is -1.28. The molecule has 3 rings (SSSR count). The lowest BCUT2D eigenvalue weighted by atomic mass is 9.86. The minimum atomic E-state index is -2.86. The first-order valence-electron chi connectivity index (χ1n) is 9.74. The Morgan fingerprint density at radius 1 is 1.14 bits per heavy atom. The molecule has 1 aliphatic carbocycles. The van der Waals surface area contributed by atoms with E-state index in [0.29, 0.717) is 32.3 Å². The van der Waals surface area contributed by atoms with Crippen LogP contribution in [0.3, 0.4) is 0 Å². The molecule has 0 aliphatic heterocycles. The lowest BCUT2D eigenvalue weighted by Crippen LogP contribution is -2.26. The lowest BCUT2D eigenvalue weighted by molar-refractivity contribution is -0.149. The van der Waals surface area contributed by atoms with E-state index < -0.39 is 18.1 Å². The van der Waals surface area contributed by atoms with Crippen molar-refractivity contribution in [2.45, 2.75) is 51.7 Å². The molecule has 1 aliphatic rings. The van der Waals surface area contributed by atoms with E-state index in [0.717, 1.165) is 11.8 Å². The van der Waals surface area contributed by atoms with Crippen molar-refractivity contribution in [2.75, 3.05) is 6.61 Å². The third kappa shape index (κ3) is 4.99. The molecule has 1 aromatic carbocycles. The monoisotopic (exact) mass is 406 g/mol. The fourth-order valence-corrected chi connectivity index (χ4v) is 3.65. The highest BCUT2D eigenvalue weighted by Crippen LogP contribution is 2.36. The van der Waals surface area contributed by atoms with Crippen LogP contribution in [-0.4, -0.2) is 28.3 Å². The van der Waals surface area contributed by atoms with E-state index in [1.807, 2.05) is 6.07 Å². The van der Waals surface area contributed by atoms with Gasteiger partial charge in [0.2, 0.25) is 0 Å². The zero-order valence-electron chi connectivity index (χ0n) is 16.2. The predicted octanol–water partition coefficient (Wildman–Crippen LogP) is 4.47. The van der Waals surface area contributed by atoms with Crippen LogP contribution in [0, 0.1) is 5.92 Å². The Bertz CT molecular complexity index is 830. The predicted molar refractivity (Wildman–Crippen MR) is 100 cm³/mol. The topological polar surface area (TPSA) is 70.4 Å². The Morgan fingerprint density at radius 3 is 2.45 bits per heavy atom. The number of hydrogen-bond donors (Lipinski definition) is 0. The van der Waals surface area contributed by atoms with Crippen molar-refractivity contribution in [1.82, 2.24) is 9.78 Å². The molecule has 0 amide bonds. The summed E-state index contributed by atoms with van der Waals surface area (Å²) in [5, 5.41) is 4.06. The summed E-state index contributed by atoms with van der Waals surface area (Å²) in [4.78, 5) is 24.3. The number of benzene rings is 1. The van der Waals surface area contributed by atoms with Crippen LogP contribution in [0.1, 0.15) is 66.7 Å². The molecule has 0 saturated heterocycles. The van der Waals surface area contributed by atoms with Gasteiger partial charge in [-0.05, 0) is 38.2 Å². The summed E-state index contributed by atoms with van der Waals surface area (Å²) < 4.78 is 39.0. The van der Waals surface area contributed by atoms with Crippen LogP contribution in [0.5, 0.6) is 0 Å². The Labute approximate surface area is 167 Å². The second-order valence-corrected chi connectivity index (χ2v) is 7.01. The molecule has 1 fully saturated rings. The van der Waals surface area contributed by atoms with Crippen LogP contribution < -0.4 is 0 Å². The molecule has 156 valence electrons. The van der Waals surface area contributed by atoms with E-state index in [9.17, 15) is 18.4 Å². The van der Waals surface area contributed by atoms with Crippen LogP contribution in [0.25, 0.3) is 0 Å². The van der Waals surface area contributed by atoms with Gasteiger partial charge in [-0.1, -0.05) is 30.3 Å². The fraction of sp³-hybridized carbons (Fsp3) is 0.476. The third-order valence-corrected chi connectivity index (χ3v) is 5.14. The number of alkyl halides is 2. The standard InChI is InChI=1S/C21H24F2N2O4/c1-2-28-20(26)15-8-10-16(11-9-15)25-18(19(22)23)17(12-24-25)21(27)29-13-14-6-4-3-5-7-14/h3-7,12,15-16,19H,2,8-11,13H2,1H3. The number of rotatable bonds is 7. The summed E-state index contributed by atoms with van der Waals surface area (Å²) in [6.07, 6.45) is 0.401. The van der Waals surface area contributed by atoms with E-state index in [2.05, 4.69) is 5.10 Å². The molecule has 0 unspecified atom stereocenters. The zero-order chi connectivity index (χ0) is 20.8. The third-order valence-electron chi connectivity index (χ3n) is 5.14. The van der Waals surface area contributed by atoms with E-state index in [4.69, 9.17) is 9.47 Å². The lowest BCUT2D eigenvalue weighted by Gasteiger charge is -2.28. The molecule has 2 aromatic rings. The molecule has 0 atom stereocenters. The molecule has 6 nitrogen and oxygen atoms in total. The minimum absolute atomic E-state index is 0.00181. The second-order valence-electron chi connectivity index (χ2n) is 7.01. The molecule has 1 saturated carbocycles. The van der Waals surface area contributed by atoms with E-state index in [1.54, 1.807) is 31.2 Å². The van der Waals surface area contributed by atoms with Gasteiger partial charge in [-0.3, -0.25) is 9.48 Å². The minimum Gasteiger partial charge on any atom is -0.466 e. The molecule has 1 heterocycles. The number of esters is 2. The maximum absolute atomic E-state index is 13.8. The first-order valence-corrected chi connectivity index (χ1v) is 9.74. The van der Waals surface area contributed by atoms with Crippen molar-refractivity contribution in [3.05, 3.63) is 53.3 Å². The van der Waals surface area contributed by atoms with Gasteiger partial charge in [0.25, 0.3) is 6.43 Å². The van der Waals surface area contributed by atoms with Crippen molar-refractivity contribution in [3.8, 4) is 0 Å². The molecule has 0 spiro atoms. The largest absolute Gasteiger partial charge is 0.466 e. The molecule has 0 bridgehead atoms. The van der Waals surface area contributed by atoms with Gasteiger partial charge in [0.05, 0.1) is 24.8 Å². The van der Waals surface area contributed by atoms with Crippen molar-refractivity contribution < 1.29 is 27.8 Å². The Kier molecular flexibility index (Phi) is 6.95. The number of carbonyl (C=O) groups is 2. The van der Waals surface area contributed by atoms with Gasteiger partial charge in [0.15, 0.2) is 0 Å². The van der Waals surface area contributed by atoms with Crippen LogP contribution in [0.4, 0.5) is 8.78 Å². The van der Waals surface area contributed by atoms with Crippen molar-refractivity contribution in [2.24, 2.45) is 5.92 Å². The van der Waals surface area contributed by atoms with E-state index in [1.165, 1.54) is 4.68 Å². The first kappa shape index (κ1) is 21.0. The van der Waals surface area contributed by atoms with Gasteiger partial charge in [-0.25, -0.2) is 13.6 Å². The Hall–Kier alpha value is -2.77. The maximum atomic E-state index is 13.8. The van der Waals surface area contributed by atoms with Gasteiger partial charge in [0.1, 0.15) is 17.9 Å². The summed E-state index contributed by atoms with van der Waals surface area (Å²) in [6, 6.07) is 8.72. The zero-order valence-corrected chi connectivity index (χ0v) is 16.2. The average Bonchev–Trinajstić information content (AvgIpc) is 3.19. The number of ether oxygens (including phenoxy) is 2. The molecule has 0 radical (unpaired) electrons. The van der Waals surface area contributed by atoms with Crippen molar-refractivity contribution in [1.29, 1.82) is 0 Å². The number of halogens is 2. The summed E-state index contributed by atoms with van der Waals surface area (Å²) >= 11 is 0. The highest BCUT2D eigenvalue weighted by Gasteiger charge is 2.33. The average molecular weight is 406 g/mol. The van der Waals surface area contributed by atoms with E-state index in [-0.39, 0.29) is 30.1 Å². The highest BCUT2D eigenvalue weighted by atomic mass is 19.3. The summed E-state index contributed by atoms with van der Waals surface area (Å²) in [5.41, 5.74) is 0.121. The molecule has 0 N–H and O–H groups in total. The van der Waals surface area contributed by atoms with Gasteiger partial charge in [-0.15, -0.1) is 0 Å². The number of aromatic nitrogens is 2.